The quantitative estimate of drug-likeness (QED) is 0.554. The van der Waals surface area contributed by atoms with E-state index in [9.17, 15) is 17.6 Å². The Hall–Kier alpha value is -2.87. The second kappa shape index (κ2) is 9.06. The lowest BCUT2D eigenvalue weighted by atomic mass is 9.88. The Morgan fingerprint density at radius 3 is 2.44 bits per heavy atom. The van der Waals surface area contributed by atoms with Crippen molar-refractivity contribution in [2.24, 2.45) is 13.0 Å². The smallest absolute Gasteiger partial charge is 0.264 e. The Balaban J connectivity index is 1.36. The van der Waals surface area contributed by atoms with Crippen LogP contribution in [-0.4, -0.2) is 36.9 Å². The second-order valence-electron chi connectivity index (χ2n) is 9.54. The molecular weight excluding hydrogens is 453 g/mol. The average Bonchev–Trinajstić information content (AvgIpc) is 3.47. The number of aromatic nitrogens is 1. The summed E-state index contributed by atoms with van der Waals surface area (Å²) < 4.78 is 44.2. The number of hydrogen-bond acceptors (Lipinski definition) is 3. The highest BCUT2D eigenvalue weighted by Gasteiger charge is 2.31. The molecule has 1 aliphatic carbocycles. The van der Waals surface area contributed by atoms with Crippen LogP contribution in [0.5, 0.6) is 0 Å². The van der Waals surface area contributed by atoms with E-state index >= 15 is 0 Å². The third-order valence-corrected chi connectivity index (χ3v) is 8.76. The lowest BCUT2D eigenvalue weighted by molar-refractivity contribution is -0.136. The van der Waals surface area contributed by atoms with Crippen LogP contribution in [0.25, 0.3) is 10.9 Å². The molecule has 0 unspecified atom stereocenters. The number of amides is 1. The van der Waals surface area contributed by atoms with Gasteiger partial charge in [0.05, 0.1) is 0 Å². The molecule has 0 atom stereocenters. The number of anilines is 1. The molecule has 1 N–H and O–H groups in total. The highest BCUT2D eigenvalue weighted by atomic mass is 32.2. The molecule has 1 aromatic heterocycles. The van der Waals surface area contributed by atoms with E-state index in [1.165, 1.54) is 18.2 Å². The fraction of sp³-hybridized carbons (Fsp3) is 0.423. The first-order valence-corrected chi connectivity index (χ1v) is 13.5. The van der Waals surface area contributed by atoms with E-state index in [4.69, 9.17) is 0 Å². The van der Waals surface area contributed by atoms with Gasteiger partial charge in [0.2, 0.25) is 5.91 Å². The van der Waals surface area contributed by atoms with Crippen LogP contribution in [0, 0.1) is 11.7 Å². The molecule has 8 heteroatoms. The topological polar surface area (TPSA) is 71.4 Å². The van der Waals surface area contributed by atoms with Crippen LogP contribution in [0.15, 0.2) is 53.6 Å². The predicted molar refractivity (Wildman–Crippen MR) is 131 cm³/mol. The number of fused-ring (bicyclic) bond motifs is 1. The number of carbonyl (C=O) groups excluding carboxylic acids is 1. The van der Waals surface area contributed by atoms with Gasteiger partial charge in [-0.05, 0) is 67.5 Å². The molecule has 0 bridgehead atoms. The van der Waals surface area contributed by atoms with Gasteiger partial charge in [0.1, 0.15) is 10.7 Å². The molecule has 2 fully saturated rings. The number of piperidine rings is 1. The molecule has 0 radical (unpaired) electrons. The summed E-state index contributed by atoms with van der Waals surface area (Å²) >= 11 is 0. The number of hydrogen-bond donors (Lipinski definition) is 1. The number of rotatable bonds is 5. The summed E-state index contributed by atoms with van der Waals surface area (Å²) in [5.74, 6) is 0.0444. The third kappa shape index (κ3) is 4.31. The summed E-state index contributed by atoms with van der Waals surface area (Å²) in [6, 6.07) is 10.8. The van der Waals surface area contributed by atoms with Crippen LogP contribution in [-0.2, 0) is 21.9 Å². The maximum atomic E-state index is 14.1. The van der Waals surface area contributed by atoms with E-state index < -0.39 is 15.8 Å². The maximum absolute atomic E-state index is 14.1. The molecule has 1 saturated carbocycles. The first-order valence-electron chi connectivity index (χ1n) is 12.0. The third-order valence-electron chi connectivity index (χ3n) is 7.35. The zero-order valence-corrected chi connectivity index (χ0v) is 20.2. The molecule has 6 nitrogen and oxygen atoms in total. The number of halogens is 1. The van der Waals surface area contributed by atoms with Crippen LogP contribution >= 0.6 is 0 Å². The highest BCUT2D eigenvalue weighted by Crippen LogP contribution is 2.37. The SMILES string of the molecule is Cn1cc(C2CCN(C(=O)C3CCCC3)CC2)c2cc(NS(=O)(=O)c3ccccc3F)ccc21. The molecule has 1 aliphatic heterocycles. The lowest BCUT2D eigenvalue weighted by Crippen LogP contribution is -2.40. The Labute approximate surface area is 199 Å². The Bertz CT molecular complexity index is 1320. The van der Waals surface area contributed by atoms with Crippen molar-refractivity contribution in [3.05, 3.63) is 60.0 Å². The number of likely N-dealkylation sites (tertiary alicyclic amines) is 1. The summed E-state index contributed by atoms with van der Waals surface area (Å²) in [5.41, 5.74) is 2.57. The summed E-state index contributed by atoms with van der Waals surface area (Å²) in [4.78, 5) is 14.5. The summed E-state index contributed by atoms with van der Waals surface area (Å²) in [6.07, 6.45) is 8.25. The van der Waals surface area contributed by atoms with Gasteiger partial charge in [-0.3, -0.25) is 9.52 Å². The Kier molecular flexibility index (Phi) is 6.10. The molecule has 0 spiro atoms. The first kappa shape index (κ1) is 22.9. The van der Waals surface area contributed by atoms with Gasteiger partial charge in [-0.2, -0.15) is 0 Å². The van der Waals surface area contributed by atoms with Crippen molar-refractivity contribution < 1.29 is 17.6 Å². The van der Waals surface area contributed by atoms with Gasteiger partial charge in [0, 0.05) is 48.8 Å². The van der Waals surface area contributed by atoms with Crippen molar-refractivity contribution in [2.75, 3.05) is 17.8 Å². The van der Waals surface area contributed by atoms with Crippen LogP contribution in [0.1, 0.15) is 50.0 Å². The highest BCUT2D eigenvalue weighted by molar-refractivity contribution is 7.92. The van der Waals surface area contributed by atoms with Gasteiger partial charge < -0.3 is 9.47 Å². The fourth-order valence-electron chi connectivity index (χ4n) is 5.53. The summed E-state index contributed by atoms with van der Waals surface area (Å²) in [6.45, 7) is 1.52. The number of sulfonamides is 1. The molecule has 34 heavy (non-hydrogen) atoms. The van der Waals surface area contributed by atoms with E-state index in [-0.39, 0.29) is 10.8 Å². The lowest BCUT2D eigenvalue weighted by Gasteiger charge is -2.33. The first-order chi connectivity index (χ1) is 16.3. The molecule has 180 valence electrons. The second-order valence-corrected chi connectivity index (χ2v) is 11.2. The molecule has 1 saturated heterocycles. The maximum Gasteiger partial charge on any atom is 0.264 e. The van der Waals surface area contributed by atoms with Crippen molar-refractivity contribution in [3.63, 3.8) is 0 Å². The van der Waals surface area contributed by atoms with E-state index in [0.717, 1.165) is 74.1 Å². The minimum Gasteiger partial charge on any atom is -0.350 e. The van der Waals surface area contributed by atoms with Crippen LogP contribution < -0.4 is 4.72 Å². The minimum atomic E-state index is -4.04. The van der Waals surface area contributed by atoms with Gasteiger partial charge in [-0.15, -0.1) is 0 Å². The fourth-order valence-corrected chi connectivity index (χ4v) is 6.66. The number of nitrogens with zero attached hydrogens (tertiary/aromatic N) is 2. The Morgan fingerprint density at radius 1 is 1.03 bits per heavy atom. The number of benzene rings is 2. The summed E-state index contributed by atoms with van der Waals surface area (Å²) in [7, 11) is -2.06. The largest absolute Gasteiger partial charge is 0.350 e. The van der Waals surface area contributed by atoms with Crippen LogP contribution in [0.3, 0.4) is 0 Å². The van der Waals surface area contributed by atoms with E-state index in [1.807, 2.05) is 24.1 Å². The molecule has 5 rings (SSSR count). The van der Waals surface area contributed by atoms with Gasteiger partial charge in [0.15, 0.2) is 0 Å². The van der Waals surface area contributed by atoms with Gasteiger partial charge in [0.25, 0.3) is 10.0 Å². The van der Waals surface area contributed by atoms with Gasteiger partial charge in [-0.1, -0.05) is 25.0 Å². The monoisotopic (exact) mass is 483 g/mol. The zero-order chi connectivity index (χ0) is 23.9. The zero-order valence-electron chi connectivity index (χ0n) is 19.3. The molecule has 2 heterocycles. The molecular formula is C26H30FN3O3S. The van der Waals surface area contributed by atoms with Crippen molar-refractivity contribution in [1.82, 2.24) is 9.47 Å². The van der Waals surface area contributed by atoms with Gasteiger partial charge in [-0.25, -0.2) is 12.8 Å². The minimum absolute atomic E-state index is 0.208. The van der Waals surface area contributed by atoms with Crippen molar-refractivity contribution in [3.8, 4) is 0 Å². The van der Waals surface area contributed by atoms with E-state index in [0.29, 0.717) is 17.5 Å². The van der Waals surface area contributed by atoms with Crippen molar-refractivity contribution in [1.29, 1.82) is 0 Å². The van der Waals surface area contributed by atoms with Crippen LogP contribution in [0.4, 0.5) is 10.1 Å². The van der Waals surface area contributed by atoms with Crippen LogP contribution in [0.2, 0.25) is 0 Å². The molecule has 1 amide bonds. The average molecular weight is 484 g/mol. The standard InChI is InChI=1S/C26H30FN3O3S/c1-29-17-22(18-12-14-30(15-13-18)26(31)19-6-2-3-7-19)21-16-20(10-11-24(21)29)28-34(32,33)25-9-5-4-8-23(25)27/h4-5,8-11,16-19,28H,2-3,6-7,12-15H2,1H3. The normalized spacial score (nSPS) is 18.0. The van der Waals surface area contributed by atoms with E-state index in [2.05, 4.69) is 15.5 Å². The number of aryl methyl sites for hydroxylation is 1. The van der Waals surface area contributed by atoms with E-state index in [1.54, 1.807) is 6.07 Å². The van der Waals surface area contributed by atoms with Gasteiger partial charge >= 0.3 is 0 Å². The van der Waals surface area contributed by atoms with Crippen molar-refractivity contribution in [2.45, 2.75) is 49.3 Å². The molecule has 2 aromatic carbocycles. The molecule has 3 aromatic rings. The Morgan fingerprint density at radius 2 is 1.74 bits per heavy atom. The number of nitrogens with one attached hydrogen (secondary N) is 1. The number of carbonyl (C=O) groups is 1. The van der Waals surface area contributed by atoms with Crippen molar-refractivity contribution >= 4 is 32.5 Å². The molecule has 2 aliphatic rings. The predicted octanol–water partition coefficient (Wildman–Crippen LogP) is 5.01. The summed E-state index contributed by atoms with van der Waals surface area (Å²) in [5, 5.41) is 0.983.